The summed E-state index contributed by atoms with van der Waals surface area (Å²) in [4.78, 5) is 34.3. The molecule has 0 aliphatic carbocycles. The highest BCUT2D eigenvalue weighted by atomic mass is 16.5. The molecule has 7 heteroatoms. The Labute approximate surface area is 125 Å². The van der Waals surface area contributed by atoms with Gasteiger partial charge in [0.05, 0.1) is 18.6 Å². The van der Waals surface area contributed by atoms with Gasteiger partial charge in [-0.05, 0) is 6.92 Å². The Balaban J connectivity index is 4.33. The molecule has 0 saturated carbocycles. The Hall–Kier alpha value is -1.63. The minimum absolute atomic E-state index is 0.0841. The van der Waals surface area contributed by atoms with Gasteiger partial charge in [0.2, 0.25) is 11.8 Å². The first-order valence-corrected chi connectivity index (χ1v) is 6.80. The molecule has 2 amide bonds. The van der Waals surface area contributed by atoms with Gasteiger partial charge in [0, 0.05) is 25.5 Å². The van der Waals surface area contributed by atoms with Gasteiger partial charge >= 0.3 is 5.97 Å². The minimum atomic E-state index is -1.02. The molecule has 1 unspecified atom stereocenters. The third-order valence-electron chi connectivity index (χ3n) is 2.76. The van der Waals surface area contributed by atoms with E-state index in [2.05, 4.69) is 10.6 Å². The highest BCUT2D eigenvalue weighted by Gasteiger charge is 2.29. The third-order valence-corrected chi connectivity index (χ3v) is 2.76. The van der Waals surface area contributed by atoms with Crippen molar-refractivity contribution in [2.24, 2.45) is 5.41 Å². The molecule has 0 aromatic carbocycles. The van der Waals surface area contributed by atoms with Crippen LogP contribution in [0.15, 0.2) is 0 Å². The zero-order valence-corrected chi connectivity index (χ0v) is 13.4. The topological polar surface area (TPSA) is 105 Å². The number of carboxylic acids is 1. The van der Waals surface area contributed by atoms with Crippen molar-refractivity contribution in [3.05, 3.63) is 0 Å². The van der Waals surface area contributed by atoms with Crippen LogP contribution in [0.4, 0.5) is 0 Å². The molecule has 0 fully saturated rings. The van der Waals surface area contributed by atoms with Crippen molar-refractivity contribution in [2.45, 2.75) is 46.1 Å². The molecule has 0 saturated heterocycles. The van der Waals surface area contributed by atoms with Gasteiger partial charge in [-0.25, -0.2) is 0 Å². The lowest BCUT2D eigenvalue weighted by atomic mass is 9.95. The maximum Gasteiger partial charge on any atom is 0.305 e. The Morgan fingerprint density at radius 2 is 1.71 bits per heavy atom. The van der Waals surface area contributed by atoms with Crippen LogP contribution in [0.2, 0.25) is 0 Å². The van der Waals surface area contributed by atoms with E-state index >= 15 is 0 Å². The quantitative estimate of drug-likeness (QED) is 0.607. The van der Waals surface area contributed by atoms with Gasteiger partial charge in [-0.1, -0.05) is 20.8 Å². The number of hydrogen-bond donors (Lipinski definition) is 3. The van der Waals surface area contributed by atoms with Gasteiger partial charge in [0.25, 0.3) is 0 Å². The summed E-state index contributed by atoms with van der Waals surface area (Å²) in [6.45, 7) is 7.26. The molecular formula is C14H26N2O5. The second-order valence-electron chi connectivity index (χ2n) is 6.37. The van der Waals surface area contributed by atoms with Gasteiger partial charge in [-0.15, -0.1) is 0 Å². The molecule has 0 heterocycles. The largest absolute Gasteiger partial charge is 0.481 e. The number of ether oxygens (including phenoxy) is 1. The number of amides is 2. The summed E-state index contributed by atoms with van der Waals surface area (Å²) >= 11 is 0. The Kier molecular flexibility index (Phi) is 7.35. The van der Waals surface area contributed by atoms with Crippen LogP contribution in [-0.4, -0.2) is 48.7 Å². The van der Waals surface area contributed by atoms with E-state index in [0.717, 1.165) is 0 Å². The Morgan fingerprint density at radius 1 is 1.14 bits per heavy atom. The molecule has 7 nitrogen and oxygen atoms in total. The van der Waals surface area contributed by atoms with E-state index in [9.17, 15) is 14.4 Å². The minimum Gasteiger partial charge on any atom is -0.481 e. The molecular weight excluding hydrogens is 276 g/mol. The number of carbonyl (C=O) groups is 3. The van der Waals surface area contributed by atoms with Crippen molar-refractivity contribution in [2.75, 3.05) is 20.3 Å². The molecule has 0 radical (unpaired) electrons. The molecule has 0 spiro atoms. The Bertz CT molecular complexity index is 389. The van der Waals surface area contributed by atoms with E-state index in [4.69, 9.17) is 9.84 Å². The summed E-state index contributed by atoms with van der Waals surface area (Å²) in [6, 6.07) is 0. The molecule has 122 valence electrons. The zero-order valence-electron chi connectivity index (χ0n) is 13.4. The van der Waals surface area contributed by atoms with Crippen LogP contribution in [0.25, 0.3) is 0 Å². The first-order chi connectivity index (χ1) is 9.50. The summed E-state index contributed by atoms with van der Waals surface area (Å²) in [5.41, 5.74) is -1.48. The van der Waals surface area contributed by atoms with E-state index in [1.54, 1.807) is 27.7 Å². The molecule has 0 bridgehead atoms. The van der Waals surface area contributed by atoms with Crippen LogP contribution < -0.4 is 10.6 Å². The van der Waals surface area contributed by atoms with Gasteiger partial charge < -0.3 is 20.5 Å². The average molecular weight is 302 g/mol. The fourth-order valence-electron chi connectivity index (χ4n) is 1.74. The van der Waals surface area contributed by atoms with Crippen LogP contribution in [0, 0.1) is 5.41 Å². The van der Waals surface area contributed by atoms with E-state index in [1.807, 2.05) is 0 Å². The van der Waals surface area contributed by atoms with Crippen molar-refractivity contribution < 1.29 is 24.2 Å². The normalized spacial score (nSPS) is 14.1. The first kappa shape index (κ1) is 19.4. The Morgan fingerprint density at radius 3 is 2.14 bits per heavy atom. The smallest absolute Gasteiger partial charge is 0.305 e. The number of carbonyl (C=O) groups excluding carboxylic acids is 2. The van der Waals surface area contributed by atoms with Gasteiger partial charge in [-0.3, -0.25) is 14.4 Å². The lowest BCUT2D eigenvalue weighted by Gasteiger charge is -2.28. The fourth-order valence-corrected chi connectivity index (χ4v) is 1.74. The number of aliphatic carboxylic acids is 1. The molecule has 0 aliphatic heterocycles. The highest BCUT2D eigenvalue weighted by Crippen LogP contribution is 2.12. The second-order valence-corrected chi connectivity index (χ2v) is 6.37. The molecule has 0 aliphatic rings. The molecule has 3 N–H and O–H groups in total. The summed E-state index contributed by atoms with van der Waals surface area (Å²) in [5, 5.41) is 14.2. The van der Waals surface area contributed by atoms with E-state index < -0.39 is 16.9 Å². The maximum absolute atomic E-state index is 11.8. The van der Waals surface area contributed by atoms with E-state index in [1.165, 1.54) is 7.11 Å². The molecule has 0 rings (SSSR count). The number of nitrogens with one attached hydrogen (secondary N) is 2. The van der Waals surface area contributed by atoms with Crippen molar-refractivity contribution in [1.82, 2.24) is 10.6 Å². The van der Waals surface area contributed by atoms with Crippen LogP contribution in [0.3, 0.4) is 0 Å². The SMILES string of the molecule is COCC(C)(CC(=O)O)NC(=O)CCNC(=O)C(C)(C)C. The maximum atomic E-state index is 11.8. The molecule has 0 aromatic heterocycles. The average Bonchev–Trinajstić information content (AvgIpc) is 2.25. The number of methoxy groups -OCH3 is 1. The van der Waals surface area contributed by atoms with Crippen LogP contribution in [0.5, 0.6) is 0 Å². The van der Waals surface area contributed by atoms with Gasteiger partial charge in [-0.2, -0.15) is 0 Å². The summed E-state index contributed by atoms with van der Waals surface area (Å²) < 4.78 is 4.95. The van der Waals surface area contributed by atoms with Crippen molar-refractivity contribution in [3.8, 4) is 0 Å². The van der Waals surface area contributed by atoms with Crippen molar-refractivity contribution >= 4 is 17.8 Å². The number of carboxylic acid groups (broad SMARTS) is 1. The molecule has 21 heavy (non-hydrogen) atoms. The lowest BCUT2D eigenvalue weighted by Crippen LogP contribution is -2.51. The second kappa shape index (κ2) is 7.97. The number of hydrogen-bond acceptors (Lipinski definition) is 4. The predicted octanol–water partition coefficient (Wildman–Crippen LogP) is 0.535. The zero-order chi connectivity index (χ0) is 16.7. The van der Waals surface area contributed by atoms with Crippen molar-refractivity contribution in [1.29, 1.82) is 0 Å². The predicted molar refractivity (Wildman–Crippen MR) is 77.8 cm³/mol. The molecule has 0 aromatic rings. The third kappa shape index (κ3) is 8.29. The lowest BCUT2D eigenvalue weighted by molar-refractivity contribution is -0.139. The summed E-state index contributed by atoms with van der Waals surface area (Å²) in [6.07, 6.45) is -0.151. The summed E-state index contributed by atoms with van der Waals surface area (Å²) in [5.74, 6) is -1.48. The van der Waals surface area contributed by atoms with Gasteiger partial charge in [0.1, 0.15) is 0 Å². The standard InChI is InChI=1S/C14H26N2O5/c1-13(2,3)12(20)15-7-6-10(17)16-14(4,9-21-5)8-11(18)19/h6-9H2,1-5H3,(H,15,20)(H,16,17)(H,18,19). The van der Waals surface area contributed by atoms with E-state index in [-0.39, 0.29) is 37.8 Å². The monoisotopic (exact) mass is 302 g/mol. The van der Waals surface area contributed by atoms with E-state index in [0.29, 0.717) is 0 Å². The van der Waals surface area contributed by atoms with Crippen molar-refractivity contribution in [3.63, 3.8) is 0 Å². The fraction of sp³-hybridized carbons (Fsp3) is 0.786. The van der Waals surface area contributed by atoms with Crippen LogP contribution in [-0.2, 0) is 19.1 Å². The van der Waals surface area contributed by atoms with Crippen LogP contribution in [0.1, 0.15) is 40.5 Å². The first-order valence-electron chi connectivity index (χ1n) is 6.80. The van der Waals surface area contributed by atoms with Crippen LogP contribution >= 0.6 is 0 Å². The summed E-state index contributed by atoms with van der Waals surface area (Å²) in [7, 11) is 1.44. The molecule has 1 atom stereocenters. The highest BCUT2D eigenvalue weighted by molar-refractivity contribution is 5.82. The van der Waals surface area contributed by atoms with Gasteiger partial charge in [0.15, 0.2) is 0 Å². The number of rotatable bonds is 8.